The molecular formula is C15H21Cl2N. The van der Waals surface area contributed by atoms with Gasteiger partial charge < -0.3 is 4.90 Å². The molecule has 1 atom stereocenters. The maximum Gasteiger partial charge on any atom is 0.0712 e. The fourth-order valence-electron chi connectivity index (χ4n) is 2.51. The topological polar surface area (TPSA) is 3.24 Å². The fourth-order valence-corrected chi connectivity index (χ4v) is 2.96. The Labute approximate surface area is 120 Å². The summed E-state index contributed by atoms with van der Waals surface area (Å²) in [5, 5.41) is 0.886. The van der Waals surface area contributed by atoms with E-state index < -0.39 is 0 Å². The second-order valence-electron chi connectivity index (χ2n) is 5.19. The van der Waals surface area contributed by atoms with Crippen molar-refractivity contribution in [2.45, 2.75) is 38.0 Å². The molecule has 1 aromatic rings. The predicted octanol–water partition coefficient (Wildman–Crippen LogP) is 4.80. The van der Waals surface area contributed by atoms with Crippen LogP contribution in [0.15, 0.2) is 18.2 Å². The molecule has 1 unspecified atom stereocenters. The third-order valence-corrected chi connectivity index (χ3v) is 4.47. The second kappa shape index (κ2) is 6.79. The van der Waals surface area contributed by atoms with Crippen molar-refractivity contribution in [3.8, 4) is 0 Å². The van der Waals surface area contributed by atoms with E-state index in [1.807, 2.05) is 19.1 Å². The number of halogens is 2. The molecule has 2 rings (SSSR count). The molecule has 3 heteroatoms. The van der Waals surface area contributed by atoms with E-state index in [1.54, 1.807) is 0 Å². The van der Waals surface area contributed by atoms with Crippen LogP contribution in [0.5, 0.6) is 0 Å². The van der Waals surface area contributed by atoms with E-state index in [0.29, 0.717) is 0 Å². The summed E-state index contributed by atoms with van der Waals surface area (Å²) in [6.45, 7) is 5.36. The average Bonchev–Trinajstić information content (AvgIpc) is 2.61. The van der Waals surface area contributed by atoms with Crippen LogP contribution >= 0.6 is 23.2 Å². The van der Waals surface area contributed by atoms with E-state index in [1.165, 1.54) is 44.3 Å². The highest BCUT2D eigenvalue weighted by Gasteiger charge is 2.15. The third-order valence-electron chi connectivity index (χ3n) is 3.66. The molecule has 1 aliphatic heterocycles. The van der Waals surface area contributed by atoms with Crippen LogP contribution in [0.1, 0.15) is 42.2 Å². The Balaban J connectivity index is 1.97. The van der Waals surface area contributed by atoms with Crippen LogP contribution in [-0.4, -0.2) is 24.5 Å². The molecular weight excluding hydrogens is 265 g/mol. The zero-order valence-corrected chi connectivity index (χ0v) is 12.5. The molecule has 18 heavy (non-hydrogen) atoms. The molecule has 0 aliphatic carbocycles. The van der Waals surface area contributed by atoms with Crippen molar-refractivity contribution in [3.63, 3.8) is 0 Å². The van der Waals surface area contributed by atoms with E-state index in [-0.39, 0.29) is 5.38 Å². The van der Waals surface area contributed by atoms with E-state index in [9.17, 15) is 0 Å². The number of nitrogens with zero attached hydrogens (tertiary/aromatic N) is 1. The average molecular weight is 286 g/mol. The summed E-state index contributed by atoms with van der Waals surface area (Å²) in [5.41, 5.74) is 2.29. The van der Waals surface area contributed by atoms with Crippen LogP contribution in [0, 0.1) is 6.92 Å². The molecule has 0 amide bonds. The highest BCUT2D eigenvalue weighted by Crippen LogP contribution is 2.26. The van der Waals surface area contributed by atoms with Gasteiger partial charge in [0, 0.05) is 11.6 Å². The molecule has 1 fully saturated rings. The Hall–Kier alpha value is -0.240. The molecule has 1 aromatic carbocycles. The molecule has 0 N–H and O–H groups in total. The Kier molecular flexibility index (Phi) is 5.35. The van der Waals surface area contributed by atoms with Crippen LogP contribution in [0.3, 0.4) is 0 Å². The Morgan fingerprint density at radius 1 is 1.17 bits per heavy atom. The van der Waals surface area contributed by atoms with Crippen molar-refractivity contribution >= 4 is 23.2 Å². The van der Waals surface area contributed by atoms with Crippen LogP contribution in [0.4, 0.5) is 0 Å². The first kappa shape index (κ1) is 14.2. The molecule has 1 nitrogen and oxygen atoms in total. The largest absolute Gasteiger partial charge is 0.302 e. The zero-order valence-electron chi connectivity index (χ0n) is 11.0. The van der Waals surface area contributed by atoms with Gasteiger partial charge >= 0.3 is 0 Å². The minimum absolute atomic E-state index is 0.0686. The van der Waals surface area contributed by atoms with Gasteiger partial charge in [0.2, 0.25) is 0 Å². The maximum atomic E-state index is 6.53. The van der Waals surface area contributed by atoms with Gasteiger partial charge in [-0.15, -0.1) is 11.6 Å². The summed E-state index contributed by atoms with van der Waals surface area (Å²) in [6.07, 6.45) is 5.35. The van der Waals surface area contributed by atoms with Gasteiger partial charge in [-0.3, -0.25) is 0 Å². The van der Waals surface area contributed by atoms with Crippen molar-refractivity contribution in [3.05, 3.63) is 34.3 Å². The van der Waals surface area contributed by atoms with E-state index >= 15 is 0 Å². The standard InChI is InChI=1S/C15H21Cl2N/c1-12-10-13(6-7-14(12)16)15(17)11-18-8-4-2-3-5-9-18/h6-7,10,15H,2-5,8-9,11H2,1H3. The maximum absolute atomic E-state index is 6.53. The number of alkyl halides is 1. The van der Waals surface area contributed by atoms with Gasteiger partial charge in [-0.25, -0.2) is 0 Å². The number of hydrogen-bond acceptors (Lipinski definition) is 1. The van der Waals surface area contributed by atoms with Crippen molar-refractivity contribution in [2.24, 2.45) is 0 Å². The van der Waals surface area contributed by atoms with Crippen LogP contribution in [0.25, 0.3) is 0 Å². The monoisotopic (exact) mass is 285 g/mol. The van der Waals surface area contributed by atoms with Crippen LogP contribution in [0.2, 0.25) is 5.02 Å². The summed E-state index contributed by atoms with van der Waals surface area (Å²) in [5.74, 6) is 0. The molecule has 0 aromatic heterocycles. The lowest BCUT2D eigenvalue weighted by molar-refractivity contribution is 0.285. The van der Waals surface area contributed by atoms with E-state index in [4.69, 9.17) is 23.2 Å². The summed E-state index contributed by atoms with van der Waals surface area (Å²) in [7, 11) is 0. The van der Waals surface area contributed by atoms with Gasteiger partial charge in [0.1, 0.15) is 0 Å². The summed E-state index contributed by atoms with van der Waals surface area (Å²) >= 11 is 12.6. The SMILES string of the molecule is Cc1cc(C(Cl)CN2CCCCCC2)ccc1Cl. The normalized spacial score (nSPS) is 19.5. The lowest BCUT2D eigenvalue weighted by Gasteiger charge is -2.23. The molecule has 0 spiro atoms. The fraction of sp³-hybridized carbons (Fsp3) is 0.600. The molecule has 0 radical (unpaired) electrons. The van der Waals surface area contributed by atoms with Crippen molar-refractivity contribution in [2.75, 3.05) is 19.6 Å². The minimum atomic E-state index is 0.0686. The zero-order chi connectivity index (χ0) is 13.0. The third kappa shape index (κ3) is 3.88. The van der Waals surface area contributed by atoms with Crippen molar-refractivity contribution in [1.82, 2.24) is 4.90 Å². The van der Waals surface area contributed by atoms with Crippen LogP contribution < -0.4 is 0 Å². The predicted molar refractivity (Wildman–Crippen MR) is 79.7 cm³/mol. The number of likely N-dealkylation sites (tertiary alicyclic amines) is 1. The number of benzene rings is 1. The first-order chi connectivity index (χ1) is 8.66. The summed E-state index contributed by atoms with van der Waals surface area (Å²) in [4.78, 5) is 2.49. The van der Waals surface area contributed by atoms with Gasteiger partial charge in [-0.05, 0) is 50.0 Å². The lowest BCUT2D eigenvalue weighted by Crippen LogP contribution is -2.28. The first-order valence-corrected chi connectivity index (χ1v) is 7.61. The number of aryl methyl sites for hydroxylation is 1. The van der Waals surface area contributed by atoms with Gasteiger partial charge in [-0.2, -0.15) is 0 Å². The highest BCUT2D eigenvalue weighted by atomic mass is 35.5. The molecule has 1 saturated heterocycles. The Bertz CT molecular complexity index is 384. The number of hydrogen-bond donors (Lipinski definition) is 0. The Morgan fingerprint density at radius 2 is 1.83 bits per heavy atom. The molecule has 0 bridgehead atoms. The van der Waals surface area contributed by atoms with Gasteiger partial charge in [0.25, 0.3) is 0 Å². The van der Waals surface area contributed by atoms with Crippen LogP contribution in [-0.2, 0) is 0 Å². The van der Waals surface area contributed by atoms with Crippen molar-refractivity contribution < 1.29 is 0 Å². The summed E-state index contributed by atoms with van der Waals surface area (Å²) in [6, 6.07) is 6.10. The van der Waals surface area contributed by atoms with E-state index in [2.05, 4.69) is 11.0 Å². The smallest absolute Gasteiger partial charge is 0.0712 e. The summed E-state index contributed by atoms with van der Waals surface area (Å²) < 4.78 is 0. The van der Waals surface area contributed by atoms with E-state index in [0.717, 1.165) is 17.1 Å². The Morgan fingerprint density at radius 3 is 2.44 bits per heavy atom. The second-order valence-corrected chi connectivity index (χ2v) is 6.13. The lowest BCUT2D eigenvalue weighted by atomic mass is 10.1. The van der Waals surface area contributed by atoms with Gasteiger partial charge in [0.15, 0.2) is 0 Å². The van der Waals surface area contributed by atoms with Crippen molar-refractivity contribution in [1.29, 1.82) is 0 Å². The molecule has 1 heterocycles. The van der Waals surface area contributed by atoms with Gasteiger partial charge in [-0.1, -0.05) is 36.6 Å². The minimum Gasteiger partial charge on any atom is -0.302 e. The quantitative estimate of drug-likeness (QED) is 0.721. The molecule has 0 saturated carbocycles. The molecule has 100 valence electrons. The first-order valence-electron chi connectivity index (χ1n) is 6.79. The van der Waals surface area contributed by atoms with Gasteiger partial charge in [0.05, 0.1) is 5.38 Å². The molecule has 1 aliphatic rings. The number of rotatable bonds is 3. The highest BCUT2D eigenvalue weighted by molar-refractivity contribution is 6.31.